The number of likely N-dealkylation sites (N-methyl/N-ethyl adjacent to an activating group) is 1. The zero-order valence-corrected chi connectivity index (χ0v) is 10.6. The van der Waals surface area contributed by atoms with Crippen molar-refractivity contribution in [3.05, 3.63) is 24.0 Å². The highest BCUT2D eigenvalue weighted by atomic mass is 15.2. The fourth-order valence-corrected chi connectivity index (χ4v) is 2.18. The van der Waals surface area contributed by atoms with E-state index in [9.17, 15) is 0 Å². The Morgan fingerprint density at radius 2 is 2.12 bits per heavy atom. The Morgan fingerprint density at radius 1 is 1.24 bits per heavy atom. The predicted octanol–water partition coefficient (Wildman–Crippen LogP) is 0.844. The summed E-state index contributed by atoms with van der Waals surface area (Å²) in [6, 6.07) is 3.96. The molecule has 4 heteroatoms. The average molecular weight is 234 g/mol. The minimum atomic E-state index is 0.741. The van der Waals surface area contributed by atoms with Gasteiger partial charge in [0.15, 0.2) is 0 Å². The molecular weight excluding hydrogens is 212 g/mol. The van der Waals surface area contributed by atoms with E-state index in [2.05, 4.69) is 21.8 Å². The van der Waals surface area contributed by atoms with E-state index in [1.165, 1.54) is 32.6 Å². The van der Waals surface area contributed by atoms with Gasteiger partial charge in [0.25, 0.3) is 0 Å². The Hall–Kier alpha value is -1.13. The second-order valence-electron chi connectivity index (χ2n) is 4.83. The Labute approximate surface area is 103 Å². The summed E-state index contributed by atoms with van der Waals surface area (Å²) < 4.78 is 0. The second-order valence-corrected chi connectivity index (χ2v) is 4.83. The molecule has 1 aliphatic rings. The van der Waals surface area contributed by atoms with Crippen LogP contribution in [-0.2, 0) is 6.42 Å². The molecule has 1 aromatic rings. The summed E-state index contributed by atoms with van der Waals surface area (Å²) >= 11 is 0. The number of nitrogens with two attached hydrogens (primary N) is 1. The highest BCUT2D eigenvalue weighted by molar-refractivity contribution is 5.34. The van der Waals surface area contributed by atoms with E-state index in [1.54, 1.807) is 6.20 Å². The lowest BCUT2D eigenvalue weighted by atomic mass is 10.2. The first-order valence-electron chi connectivity index (χ1n) is 6.35. The number of aromatic nitrogens is 1. The topological polar surface area (TPSA) is 45.4 Å². The van der Waals surface area contributed by atoms with Crippen molar-refractivity contribution in [1.82, 2.24) is 14.8 Å². The van der Waals surface area contributed by atoms with Crippen molar-refractivity contribution in [2.75, 3.05) is 45.5 Å². The van der Waals surface area contributed by atoms with Gasteiger partial charge in [-0.15, -0.1) is 0 Å². The van der Waals surface area contributed by atoms with Crippen LogP contribution in [0.25, 0.3) is 0 Å². The van der Waals surface area contributed by atoms with Crippen LogP contribution in [0.2, 0.25) is 0 Å². The molecule has 1 fully saturated rings. The lowest BCUT2D eigenvalue weighted by Crippen LogP contribution is -2.30. The molecule has 0 amide bonds. The molecule has 1 aliphatic heterocycles. The average Bonchev–Trinajstić information content (AvgIpc) is 2.54. The zero-order chi connectivity index (χ0) is 12.1. The smallest absolute Gasteiger partial charge is 0.0501 e. The molecule has 1 aromatic heterocycles. The summed E-state index contributed by atoms with van der Waals surface area (Å²) in [7, 11) is 2.20. The maximum atomic E-state index is 5.62. The van der Waals surface area contributed by atoms with Gasteiger partial charge in [0.05, 0.1) is 11.9 Å². The van der Waals surface area contributed by atoms with E-state index in [0.717, 1.165) is 24.3 Å². The molecule has 94 valence electrons. The maximum absolute atomic E-state index is 5.62. The lowest BCUT2D eigenvalue weighted by Gasteiger charge is -2.19. The Bertz CT molecular complexity index is 336. The first kappa shape index (κ1) is 12.3. The van der Waals surface area contributed by atoms with Crippen molar-refractivity contribution >= 4 is 5.69 Å². The molecule has 0 unspecified atom stereocenters. The van der Waals surface area contributed by atoms with Gasteiger partial charge >= 0.3 is 0 Å². The van der Waals surface area contributed by atoms with Crippen LogP contribution >= 0.6 is 0 Å². The van der Waals surface area contributed by atoms with Crippen LogP contribution in [0, 0.1) is 0 Å². The van der Waals surface area contributed by atoms with E-state index < -0.39 is 0 Å². The molecule has 0 bridgehead atoms. The van der Waals surface area contributed by atoms with Crippen molar-refractivity contribution in [2.24, 2.45) is 0 Å². The number of anilines is 1. The zero-order valence-electron chi connectivity index (χ0n) is 10.6. The summed E-state index contributed by atoms with van der Waals surface area (Å²) in [5.74, 6) is 0. The molecule has 0 spiro atoms. The van der Waals surface area contributed by atoms with Crippen LogP contribution in [-0.4, -0.2) is 54.6 Å². The molecule has 2 N–H and O–H groups in total. The molecule has 2 rings (SSSR count). The fraction of sp³-hybridized carbons (Fsp3) is 0.615. The van der Waals surface area contributed by atoms with Crippen LogP contribution < -0.4 is 5.73 Å². The van der Waals surface area contributed by atoms with Gasteiger partial charge < -0.3 is 15.5 Å². The van der Waals surface area contributed by atoms with Crippen LogP contribution in [0.15, 0.2) is 18.3 Å². The quantitative estimate of drug-likeness (QED) is 0.842. The first-order chi connectivity index (χ1) is 8.24. The van der Waals surface area contributed by atoms with Gasteiger partial charge in [0.2, 0.25) is 0 Å². The molecule has 1 saturated heterocycles. The highest BCUT2D eigenvalue weighted by Crippen LogP contribution is 2.05. The van der Waals surface area contributed by atoms with Gasteiger partial charge in [-0.2, -0.15) is 0 Å². The van der Waals surface area contributed by atoms with Gasteiger partial charge in [0, 0.05) is 31.7 Å². The molecule has 0 saturated carbocycles. The molecule has 0 aromatic carbocycles. The van der Waals surface area contributed by atoms with Crippen molar-refractivity contribution in [2.45, 2.75) is 12.8 Å². The highest BCUT2D eigenvalue weighted by Gasteiger charge is 2.11. The van der Waals surface area contributed by atoms with Crippen molar-refractivity contribution in [3.8, 4) is 0 Å². The minimum Gasteiger partial charge on any atom is -0.397 e. The molecule has 0 atom stereocenters. The summed E-state index contributed by atoms with van der Waals surface area (Å²) in [5.41, 5.74) is 7.50. The second kappa shape index (κ2) is 5.98. The summed E-state index contributed by atoms with van der Waals surface area (Å²) in [6.07, 6.45) is 4.03. The number of hydrogen-bond donors (Lipinski definition) is 1. The number of pyridine rings is 1. The Balaban J connectivity index is 1.79. The first-order valence-corrected chi connectivity index (χ1v) is 6.35. The van der Waals surface area contributed by atoms with Crippen LogP contribution in [0.5, 0.6) is 0 Å². The van der Waals surface area contributed by atoms with E-state index in [4.69, 9.17) is 5.73 Å². The SMILES string of the molecule is CN1CCCN(CCc2ccc(N)cn2)CC1. The number of nitrogen functional groups attached to an aromatic ring is 1. The van der Waals surface area contributed by atoms with E-state index in [0.29, 0.717) is 0 Å². The predicted molar refractivity (Wildman–Crippen MR) is 70.9 cm³/mol. The van der Waals surface area contributed by atoms with Crippen molar-refractivity contribution in [1.29, 1.82) is 0 Å². The molecule has 2 heterocycles. The van der Waals surface area contributed by atoms with Crippen LogP contribution in [0.3, 0.4) is 0 Å². The lowest BCUT2D eigenvalue weighted by molar-refractivity contribution is 0.278. The van der Waals surface area contributed by atoms with Crippen molar-refractivity contribution < 1.29 is 0 Å². The van der Waals surface area contributed by atoms with Gasteiger partial charge in [-0.3, -0.25) is 4.98 Å². The summed E-state index contributed by atoms with van der Waals surface area (Å²) in [6.45, 7) is 5.88. The normalized spacial score (nSPS) is 19.1. The van der Waals surface area contributed by atoms with Gasteiger partial charge in [0.1, 0.15) is 0 Å². The third-order valence-electron chi connectivity index (χ3n) is 3.34. The van der Waals surface area contributed by atoms with Gasteiger partial charge in [-0.05, 0) is 38.7 Å². The largest absolute Gasteiger partial charge is 0.397 e. The number of rotatable bonds is 3. The van der Waals surface area contributed by atoms with Crippen molar-refractivity contribution in [3.63, 3.8) is 0 Å². The third-order valence-corrected chi connectivity index (χ3v) is 3.34. The van der Waals surface area contributed by atoms with E-state index in [-0.39, 0.29) is 0 Å². The monoisotopic (exact) mass is 234 g/mol. The van der Waals surface area contributed by atoms with Gasteiger partial charge in [-0.1, -0.05) is 0 Å². The van der Waals surface area contributed by atoms with E-state index in [1.807, 2.05) is 12.1 Å². The molecule has 4 nitrogen and oxygen atoms in total. The minimum absolute atomic E-state index is 0.741. The molecular formula is C13H22N4. The Kier molecular flexibility index (Phi) is 4.34. The summed E-state index contributed by atoms with van der Waals surface area (Å²) in [5, 5.41) is 0. The number of nitrogens with zero attached hydrogens (tertiary/aromatic N) is 3. The third kappa shape index (κ3) is 3.98. The van der Waals surface area contributed by atoms with Crippen LogP contribution in [0.1, 0.15) is 12.1 Å². The fourth-order valence-electron chi connectivity index (χ4n) is 2.18. The standard InChI is InChI=1S/C13H22N4/c1-16-6-2-7-17(10-9-16)8-5-13-4-3-12(14)11-15-13/h3-4,11H,2,5-10,14H2,1H3. The molecule has 0 aliphatic carbocycles. The van der Waals surface area contributed by atoms with Crippen LogP contribution in [0.4, 0.5) is 5.69 Å². The van der Waals surface area contributed by atoms with Gasteiger partial charge in [-0.25, -0.2) is 0 Å². The maximum Gasteiger partial charge on any atom is 0.0501 e. The number of hydrogen-bond acceptors (Lipinski definition) is 4. The summed E-state index contributed by atoms with van der Waals surface area (Å²) in [4.78, 5) is 9.27. The molecule has 0 radical (unpaired) electrons. The molecule has 17 heavy (non-hydrogen) atoms. The van der Waals surface area contributed by atoms with E-state index >= 15 is 0 Å². The Morgan fingerprint density at radius 3 is 2.88 bits per heavy atom.